The molecule has 2 aromatic heterocycles. The van der Waals surface area contributed by atoms with E-state index in [2.05, 4.69) is 4.98 Å². The van der Waals surface area contributed by atoms with Crippen molar-refractivity contribution in [3.8, 4) is 11.3 Å². The average molecular weight is 525 g/mol. The number of carbonyl (C=O) groups excluding carboxylic acids is 1. The molecule has 1 aliphatic heterocycles. The largest absolute Gasteiger partial charge is 0.449 e. The Morgan fingerprint density at radius 2 is 1.85 bits per heavy atom. The molecule has 1 atom stereocenters. The van der Waals surface area contributed by atoms with Gasteiger partial charge in [-0.05, 0) is 29.5 Å². The Balaban J connectivity index is 0.00000324. The number of fused-ring (bicyclic) bond motifs is 1. The fourth-order valence-electron chi connectivity index (χ4n) is 3.86. The number of imidazole rings is 1. The van der Waals surface area contributed by atoms with Crippen molar-refractivity contribution in [2.45, 2.75) is 38.1 Å². The summed E-state index contributed by atoms with van der Waals surface area (Å²) in [5, 5.41) is 3.40. The Hall–Kier alpha value is -2.57. The van der Waals surface area contributed by atoms with Crippen molar-refractivity contribution >= 4 is 29.7 Å². The topological polar surface area (TPSA) is 64.2 Å². The van der Waals surface area contributed by atoms with E-state index in [1.807, 2.05) is 0 Å². The monoisotopic (exact) mass is 524 g/mol. The summed E-state index contributed by atoms with van der Waals surface area (Å²) < 4.78 is 81.9. The second-order valence-corrected chi connectivity index (χ2v) is 8.51. The summed E-state index contributed by atoms with van der Waals surface area (Å²) in [7, 11) is 0. The molecule has 1 aromatic carbocycles. The number of halogens is 7. The van der Waals surface area contributed by atoms with Crippen LogP contribution in [-0.2, 0) is 30.5 Å². The van der Waals surface area contributed by atoms with E-state index in [0.717, 1.165) is 4.57 Å². The van der Waals surface area contributed by atoms with Gasteiger partial charge in [-0.1, -0.05) is 0 Å². The number of hydrogen-bond donors (Lipinski definition) is 1. The number of aromatic nitrogens is 2. The molecule has 184 valence electrons. The minimum absolute atomic E-state index is 0. The molecule has 0 bridgehead atoms. The summed E-state index contributed by atoms with van der Waals surface area (Å²) in [5.41, 5.74) is 6.72. The maximum Gasteiger partial charge on any atom is 0.449 e. The lowest BCUT2D eigenvalue weighted by molar-refractivity contribution is -0.148. The highest BCUT2D eigenvalue weighted by atomic mass is 35.5. The Bertz CT molecular complexity index is 1180. The van der Waals surface area contributed by atoms with E-state index >= 15 is 0 Å². The summed E-state index contributed by atoms with van der Waals surface area (Å²) in [4.78, 5) is 18.0. The van der Waals surface area contributed by atoms with Gasteiger partial charge >= 0.3 is 6.18 Å². The van der Waals surface area contributed by atoms with Gasteiger partial charge in [-0.25, -0.2) is 18.2 Å². The zero-order valence-electron chi connectivity index (χ0n) is 17.4. The van der Waals surface area contributed by atoms with Gasteiger partial charge in [0.1, 0.15) is 5.82 Å². The van der Waals surface area contributed by atoms with Crippen LogP contribution in [0, 0.1) is 17.5 Å². The van der Waals surface area contributed by atoms with Gasteiger partial charge in [0.05, 0.1) is 17.9 Å². The third-order valence-electron chi connectivity index (χ3n) is 5.42. The number of carbonyl (C=O) groups is 1. The number of amides is 1. The quantitative estimate of drug-likeness (QED) is 0.386. The lowest BCUT2D eigenvalue weighted by Gasteiger charge is -2.30. The predicted molar refractivity (Wildman–Crippen MR) is 116 cm³/mol. The van der Waals surface area contributed by atoms with Crippen molar-refractivity contribution in [3.05, 3.63) is 63.5 Å². The average Bonchev–Trinajstić information content (AvgIpc) is 3.38. The van der Waals surface area contributed by atoms with Crippen LogP contribution >= 0.6 is 23.7 Å². The number of rotatable bonds is 5. The van der Waals surface area contributed by atoms with Gasteiger partial charge in [0.15, 0.2) is 11.6 Å². The third-order valence-corrected chi connectivity index (χ3v) is 6.10. The molecule has 0 spiro atoms. The van der Waals surface area contributed by atoms with Crippen LogP contribution in [0.5, 0.6) is 0 Å². The summed E-state index contributed by atoms with van der Waals surface area (Å²) >= 11 is 1.31. The van der Waals surface area contributed by atoms with E-state index in [-0.39, 0.29) is 61.8 Å². The Kier molecular flexibility index (Phi) is 7.63. The molecule has 0 unspecified atom stereocenters. The van der Waals surface area contributed by atoms with Crippen molar-refractivity contribution in [1.29, 1.82) is 0 Å². The predicted octanol–water partition coefficient (Wildman–Crippen LogP) is 4.77. The first-order chi connectivity index (χ1) is 15.5. The number of thiophene rings is 1. The van der Waals surface area contributed by atoms with Crippen molar-refractivity contribution in [1.82, 2.24) is 14.5 Å². The summed E-state index contributed by atoms with van der Waals surface area (Å²) in [5.74, 6) is -4.99. The van der Waals surface area contributed by atoms with Crippen LogP contribution in [0.15, 0.2) is 29.0 Å². The summed E-state index contributed by atoms with van der Waals surface area (Å²) in [6.45, 7) is -0.181. The minimum atomic E-state index is -4.65. The van der Waals surface area contributed by atoms with Crippen LogP contribution in [-0.4, -0.2) is 32.9 Å². The second kappa shape index (κ2) is 9.96. The van der Waals surface area contributed by atoms with Gasteiger partial charge in [-0.3, -0.25) is 4.79 Å². The van der Waals surface area contributed by atoms with Crippen molar-refractivity contribution < 1.29 is 31.1 Å². The molecule has 0 fully saturated rings. The zero-order valence-corrected chi connectivity index (χ0v) is 19.0. The Labute approximate surface area is 200 Å². The smallest absolute Gasteiger partial charge is 0.335 e. The lowest BCUT2D eigenvalue weighted by atomic mass is 10.0. The van der Waals surface area contributed by atoms with E-state index < -0.39 is 41.4 Å². The molecule has 13 heteroatoms. The van der Waals surface area contributed by atoms with Gasteiger partial charge in [0, 0.05) is 42.6 Å². The van der Waals surface area contributed by atoms with Crippen LogP contribution < -0.4 is 5.73 Å². The van der Waals surface area contributed by atoms with Crippen LogP contribution in [0.2, 0.25) is 0 Å². The second-order valence-electron chi connectivity index (χ2n) is 7.73. The molecule has 0 saturated carbocycles. The van der Waals surface area contributed by atoms with E-state index in [1.165, 1.54) is 16.2 Å². The fourth-order valence-corrected chi connectivity index (χ4v) is 4.50. The SMILES string of the molecule is Cl.N[C@@H](CC(=O)N1CCn2c(C(F)(F)F)nc(-c3ccsc3)c2C1)Cc1cc(F)c(F)cc1F. The first kappa shape index (κ1) is 26.0. The normalized spacial score (nSPS) is 14.5. The maximum absolute atomic E-state index is 13.9. The number of benzene rings is 1. The number of hydrogen-bond acceptors (Lipinski definition) is 4. The third kappa shape index (κ3) is 5.23. The minimum Gasteiger partial charge on any atom is -0.335 e. The van der Waals surface area contributed by atoms with Gasteiger partial charge in [-0.2, -0.15) is 24.5 Å². The summed E-state index contributed by atoms with van der Waals surface area (Å²) in [6.07, 6.45) is -5.10. The first-order valence-electron chi connectivity index (χ1n) is 9.90. The highest BCUT2D eigenvalue weighted by Gasteiger charge is 2.40. The van der Waals surface area contributed by atoms with E-state index in [9.17, 15) is 31.1 Å². The molecule has 3 heterocycles. The van der Waals surface area contributed by atoms with Crippen molar-refractivity contribution in [2.24, 2.45) is 5.73 Å². The molecule has 0 radical (unpaired) electrons. The number of alkyl halides is 3. The molecule has 2 N–H and O–H groups in total. The molecule has 0 aliphatic carbocycles. The van der Waals surface area contributed by atoms with E-state index in [0.29, 0.717) is 17.7 Å². The van der Waals surface area contributed by atoms with Gasteiger partial charge in [0.2, 0.25) is 11.7 Å². The molecule has 1 aliphatic rings. The lowest BCUT2D eigenvalue weighted by Crippen LogP contribution is -2.42. The Morgan fingerprint density at radius 3 is 2.50 bits per heavy atom. The highest BCUT2D eigenvalue weighted by Crippen LogP contribution is 2.36. The van der Waals surface area contributed by atoms with Gasteiger partial charge < -0.3 is 15.2 Å². The van der Waals surface area contributed by atoms with Gasteiger partial charge in [-0.15, -0.1) is 12.4 Å². The zero-order chi connectivity index (χ0) is 23.9. The van der Waals surface area contributed by atoms with E-state index in [1.54, 1.807) is 16.8 Å². The van der Waals surface area contributed by atoms with Crippen molar-refractivity contribution in [2.75, 3.05) is 6.54 Å². The van der Waals surface area contributed by atoms with Crippen LogP contribution in [0.1, 0.15) is 23.5 Å². The summed E-state index contributed by atoms with van der Waals surface area (Å²) in [6, 6.07) is 1.86. The maximum atomic E-state index is 13.9. The van der Waals surface area contributed by atoms with Crippen molar-refractivity contribution in [3.63, 3.8) is 0 Å². The molecule has 34 heavy (non-hydrogen) atoms. The standard InChI is InChI=1S/C21H18F6N4OS.ClH/c22-14-8-16(24)15(23)6-12(14)5-13(28)7-18(32)30-2-3-31-17(9-30)19(11-1-4-33-10-11)29-20(31)21(25,26)27;/h1,4,6,8,10,13H,2-3,5,7,9,28H2;1H/t13-;/m1./s1. The highest BCUT2D eigenvalue weighted by molar-refractivity contribution is 7.08. The molecule has 5 nitrogen and oxygen atoms in total. The van der Waals surface area contributed by atoms with E-state index in [4.69, 9.17) is 5.73 Å². The molecule has 0 saturated heterocycles. The molecule has 1 amide bonds. The number of nitrogens with two attached hydrogens (primary N) is 1. The van der Waals surface area contributed by atoms with Crippen LogP contribution in [0.3, 0.4) is 0 Å². The molecule has 4 rings (SSSR count). The molecule has 3 aromatic rings. The molecular formula is C21H19ClF6N4OS. The Morgan fingerprint density at radius 1 is 1.15 bits per heavy atom. The molecular weight excluding hydrogens is 506 g/mol. The fraction of sp³-hybridized carbons (Fsp3) is 0.333. The van der Waals surface area contributed by atoms with Crippen LogP contribution in [0.4, 0.5) is 26.3 Å². The number of nitrogens with zero attached hydrogens (tertiary/aromatic N) is 3. The first-order valence-corrected chi connectivity index (χ1v) is 10.8. The van der Waals surface area contributed by atoms with Crippen LogP contribution in [0.25, 0.3) is 11.3 Å². The van der Waals surface area contributed by atoms with Gasteiger partial charge in [0.25, 0.3) is 0 Å².